The molecule has 3 aromatic rings. The summed E-state index contributed by atoms with van der Waals surface area (Å²) in [4.78, 5) is 24.8. The van der Waals surface area contributed by atoms with Gasteiger partial charge < -0.3 is 19.5 Å². The minimum atomic E-state index is -0.548. The van der Waals surface area contributed by atoms with Crippen LogP contribution < -0.4 is 14.8 Å². The largest absolute Gasteiger partial charge is 0.486 e. The van der Waals surface area contributed by atoms with Crippen LogP contribution in [0.5, 0.6) is 11.5 Å². The highest BCUT2D eigenvalue weighted by Crippen LogP contribution is 2.40. The lowest BCUT2D eigenvalue weighted by Crippen LogP contribution is -2.23. The van der Waals surface area contributed by atoms with E-state index in [0.29, 0.717) is 47.0 Å². The van der Waals surface area contributed by atoms with E-state index in [2.05, 4.69) is 10.4 Å². The minimum absolute atomic E-state index is 0.0442. The highest BCUT2D eigenvalue weighted by atomic mass is 35.5. The van der Waals surface area contributed by atoms with Gasteiger partial charge in [-0.15, -0.1) is 0 Å². The van der Waals surface area contributed by atoms with E-state index >= 15 is 0 Å². The molecular weight excluding hydrogens is 446 g/mol. The van der Waals surface area contributed by atoms with Gasteiger partial charge >= 0.3 is 5.97 Å². The maximum Gasteiger partial charge on any atom is 0.310 e. The number of hydrogen-bond acceptors (Lipinski definition) is 6. The molecule has 1 saturated carbocycles. The number of anilines is 1. The molecule has 1 aliphatic heterocycles. The SMILES string of the molecule is O=C(COC(=O)Cc1cc(Cl)c2c(c1)OCCO2)Nc1cc(C2CC2)nn1-c1ccccc1. The van der Waals surface area contributed by atoms with Gasteiger partial charge in [-0.05, 0) is 42.7 Å². The van der Waals surface area contributed by atoms with Crippen LogP contribution in [0.1, 0.15) is 30.0 Å². The average molecular weight is 468 g/mol. The van der Waals surface area contributed by atoms with Crippen LogP contribution in [0.15, 0.2) is 48.5 Å². The number of ether oxygens (including phenoxy) is 3. The van der Waals surface area contributed by atoms with E-state index in [9.17, 15) is 9.59 Å². The molecule has 2 aliphatic rings. The molecule has 1 aliphatic carbocycles. The minimum Gasteiger partial charge on any atom is -0.486 e. The summed E-state index contributed by atoms with van der Waals surface area (Å²) < 4.78 is 17.9. The third-order valence-corrected chi connectivity index (χ3v) is 5.64. The normalized spacial score (nSPS) is 14.6. The van der Waals surface area contributed by atoms with Crippen LogP contribution in [-0.4, -0.2) is 41.5 Å². The van der Waals surface area contributed by atoms with Gasteiger partial charge in [-0.1, -0.05) is 29.8 Å². The highest BCUT2D eigenvalue weighted by Gasteiger charge is 2.28. The summed E-state index contributed by atoms with van der Waals surface area (Å²) in [7, 11) is 0. The molecule has 1 N–H and O–H groups in total. The number of amides is 1. The number of nitrogens with zero attached hydrogens (tertiary/aromatic N) is 2. The molecule has 0 bridgehead atoms. The molecule has 0 unspecified atom stereocenters. The van der Waals surface area contributed by atoms with Crippen molar-refractivity contribution in [3.8, 4) is 17.2 Å². The smallest absolute Gasteiger partial charge is 0.310 e. The van der Waals surface area contributed by atoms with Crippen molar-refractivity contribution in [1.82, 2.24) is 9.78 Å². The molecule has 0 atom stereocenters. The van der Waals surface area contributed by atoms with Gasteiger partial charge in [-0.2, -0.15) is 5.10 Å². The lowest BCUT2D eigenvalue weighted by atomic mass is 10.1. The number of fused-ring (bicyclic) bond motifs is 1. The molecule has 1 aromatic heterocycles. The predicted molar refractivity (Wildman–Crippen MR) is 121 cm³/mol. The summed E-state index contributed by atoms with van der Waals surface area (Å²) in [5, 5.41) is 7.83. The number of nitrogens with one attached hydrogen (secondary N) is 1. The van der Waals surface area contributed by atoms with Crippen LogP contribution in [0, 0.1) is 0 Å². The average Bonchev–Trinajstić information content (AvgIpc) is 3.59. The zero-order valence-electron chi connectivity index (χ0n) is 17.8. The van der Waals surface area contributed by atoms with Crippen molar-refractivity contribution in [2.24, 2.45) is 0 Å². The zero-order valence-corrected chi connectivity index (χ0v) is 18.5. The van der Waals surface area contributed by atoms with E-state index in [-0.39, 0.29) is 6.42 Å². The van der Waals surface area contributed by atoms with E-state index < -0.39 is 18.5 Å². The molecule has 33 heavy (non-hydrogen) atoms. The van der Waals surface area contributed by atoms with Crippen LogP contribution in [0.3, 0.4) is 0 Å². The van der Waals surface area contributed by atoms with Gasteiger partial charge in [-0.25, -0.2) is 4.68 Å². The van der Waals surface area contributed by atoms with E-state index in [1.54, 1.807) is 16.8 Å². The predicted octanol–water partition coefficient (Wildman–Crippen LogP) is 3.90. The number of halogens is 1. The van der Waals surface area contributed by atoms with Crippen LogP contribution in [0.4, 0.5) is 5.82 Å². The van der Waals surface area contributed by atoms with Gasteiger partial charge in [0.1, 0.15) is 19.0 Å². The van der Waals surface area contributed by atoms with Crippen molar-refractivity contribution in [1.29, 1.82) is 0 Å². The summed E-state index contributed by atoms with van der Waals surface area (Å²) in [6, 6.07) is 14.8. The van der Waals surface area contributed by atoms with Gasteiger partial charge in [0.25, 0.3) is 5.91 Å². The third kappa shape index (κ3) is 4.96. The summed E-state index contributed by atoms with van der Waals surface area (Å²) in [6.07, 6.45) is 2.15. The standard InChI is InChI=1S/C24H22ClN3O5/c25-18-10-15(11-20-24(18)32-9-8-31-20)12-23(30)33-14-22(29)26-21-13-19(16-6-7-16)27-28(21)17-4-2-1-3-5-17/h1-5,10-11,13,16H,6-9,12,14H2,(H,26,29). The second kappa shape index (κ2) is 9.15. The van der Waals surface area contributed by atoms with Crippen molar-refractivity contribution in [3.05, 3.63) is 64.8 Å². The van der Waals surface area contributed by atoms with Gasteiger partial charge in [0.05, 0.1) is 22.8 Å². The Morgan fingerprint density at radius 2 is 1.91 bits per heavy atom. The molecule has 8 nitrogen and oxygen atoms in total. The van der Waals surface area contributed by atoms with Crippen molar-refractivity contribution in [3.63, 3.8) is 0 Å². The molecule has 0 radical (unpaired) electrons. The highest BCUT2D eigenvalue weighted by molar-refractivity contribution is 6.32. The first-order valence-electron chi connectivity index (χ1n) is 10.8. The first-order valence-corrected chi connectivity index (χ1v) is 11.1. The topological polar surface area (TPSA) is 91.7 Å². The third-order valence-electron chi connectivity index (χ3n) is 5.36. The molecule has 5 rings (SSSR count). The second-order valence-corrected chi connectivity index (χ2v) is 8.37. The maximum absolute atomic E-state index is 12.5. The number of hydrogen-bond donors (Lipinski definition) is 1. The molecule has 2 heterocycles. The fourth-order valence-electron chi connectivity index (χ4n) is 3.64. The van der Waals surface area contributed by atoms with Gasteiger partial charge in [0, 0.05) is 12.0 Å². The molecule has 9 heteroatoms. The molecule has 170 valence electrons. The molecule has 0 spiro atoms. The number of esters is 1. The number of para-hydroxylation sites is 1. The number of rotatable bonds is 7. The fourth-order valence-corrected chi connectivity index (χ4v) is 3.93. The summed E-state index contributed by atoms with van der Waals surface area (Å²) in [5.41, 5.74) is 2.40. The second-order valence-electron chi connectivity index (χ2n) is 7.96. The number of benzene rings is 2. The molecule has 0 saturated heterocycles. The first kappa shape index (κ1) is 21.3. The molecular formula is C24H22ClN3O5. The lowest BCUT2D eigenvalue weighted by molar-refractivity contribution is -0.146. The zero-order chi connectivity index (χ0) is 22.8. The van der Waals surface area contributed by atoms with E-state index in [0.717, 1.165) is 24.2 Å². The fraction of sp³-hybridized carbons (Fsp3) is 0.292. The quantitative estimate of drug-likeness (QED) is 0.530. The molecule has 1 amide bonds. The van der Waals surface area contributed by atoms with Crippen molar-refractivity contribution in [2.45, 2.75) is 25.2 Å². The van der Waals surface area contributed by atoms with Crippen molar-refractivity contribution < 1.29 is 23.8 Å². The first-order chi connectivity index (χ1) is 16.1. The monoisotopic (exact) mass is 467 g/mol. The summed E-state index contributed by atoms with van der Waals surface area (Å²) in [5.74, 6) is 0.954. The Morgan fingerprint density at radius 3 is 2.70 bits per heavy atom. The van der Waals surface area contributed by atoms with Gasteiger partial charge in [0.15, 0.2) is 18.1 Å². The molecule has 2 aromatic carbocycles. The Morgan fingerprint density at radius 1 is 1.12 bits per heavy atom. The number of carbonyl (C=O) groups is 2. The van der Waals surface area contributed by atoms with Crippen molar-refractivity contribution in [2.75, 3.05) is 25.1 Å². The van der Waals surface area contributed by atoms with Gasteiger partial charge in [0.2, 0.25) is 0 Å². The Kier molecular flexibility index (Phi) is 5.92. The van der Waals surface area contributed by atoms with E-state index in [4.69, 9.17) is 25.8 Å². The number of carbonyl (C=O) groups excluding carboxylic acids is 2. The number of aromatic nitrogens is 2. The van der Waals surface area contributed by atoms with E-state index in [1.807, 2.05) is 36.4 Å². The Hall–Kier alpha value is -3.52. The maximum atomic E-state index is 12.5. The van der Waals surface area contributed by atoms with Crippen LogP contribution in [-0.2, 0) is 20.7 Å². The van der Waals surface area contributed by atoms with Gasteiger partial charge in [-0.3, -0.25) is 9.59 Å². The van der Waals surface area contributed by atoms with E-state index in [1.165, 1.54) is 0 Å². The molecule has 1 fully saturated rings. The van der Waals surface area contributed by atoms with Crippen LogP contribution in [0.2, 0.25) is 5.02 Å². The lowest BCUT2D eigenvalue weighted by Gasteiger charge is -2.20. The summed E-state index contributed by atoms with van der Waals surface area (Å²) >= 11 is 6.21. The van der Waals surface area contributed by atoms with Crippen LogP contribution in [0.25, 0.3) is 5.69 Å². The summed E-state index contributed by atoms with van der Waals surface area (Å²) in [6.45, 7) is 0.434. The van der Waals surface area contributed by atoms with Crippen LogP contribution >= 0.6 is 11.6 Å². The van der Waals surface area contributed by atoms with Crippen molar-refractivity contribution >= 4 is 29.3 Å². The Labute approximate surface area is 195 Å². The Balaban J connectivity index is 1.21. The Bertz CT molecular complexity index is 1190.